The minimum absolute atomic E-state index is 0.0587. The van der Waals surface area contributed by atoms with Crippen molar-refractivity contribution in [2.24, 2.45) is 0 Å². The fourth-order valence-corrected chi connectivity index (χ4v) is 9.44. The molecule has 0 spiro atoms. The summed E-state index contributed by atoms with van der Waals surface area (Å²) in [5.74, 6) is -0.288. The van der Waals surface area contributed by atoms with Gasteiger partial charge in [-0.25, -0.2) is 9.78 Å². The number of aliphatic carboxylic acids is 1. The summed E-state index contributed by atoms with van der Waals surface area (Å²) in [6.07, 6.45) is 0.766. The molecule has 0 unspecified atom stereocenters. The molecule has 6 nitrogen and oxygen atoms in total. The quantitative estimate of drug-likeness (QED) is 0.230. The molecule has 0 aliphatic carbocycles. The maximum absolute atomic E-state index is 10.8. The number of halogens is 1. The fraction of sp³-hybridized carbons (Fsp3) is 0.357. The number of hydrogen-bond donors (Lipinski definition) is 2. The number of carbonyl (C=O) groups is 1. The third-order valence-electron chi connectivity index (χ3n) is 6.12. The average Bonchev–Trinajstić information content (AvgIpc) is 2.84. The number of pyridine rings is 1. The summed E-state index contributed by atoms with van der Waals surface area (Å²) in [4.78, 5) is 15.3. The second-order valence-electron chi connectivity index (χ2n) is 9.79. The molecule has 0 aliphatic rings. The average molecular weight is 572 g/mol. The lowest BCUT2D eigenvalue weighted by molar-refractivity contribution is -0.142. The number of ether oxygens (including phenoxy) is 1. The zero-order valence-electron chi connectivity index (χ0n) is 21.3. The predicted molar refractivity (Wildman–Crippen MR) is 151 cm³/mol. The van der Waals surface area contributed by atoms with Crippen molar-refractivity contribution in [2.45, 2.75) is 51.8 Å². The molecule has 3 aromatic rings. The Balaban J connectivity index is 1.90. The third-order valence-corrected chi connectivity index (χ3v) is 11.5. The summed E-state index contributed by atoms with van der Waals surface area (Å²) in [6, 6.07) is 25.0. The first-order valence-corrected chi connectivity index (χ1v) is 14.8. The number of carboxylic acids is 1. The van der Waals surface area contributed by atoms with Crippen molar-refractivity contribution in [1.82, 2.24) is 4.98 Å². The first kappa shape index (κ1) is 28.1. The van der Waals surface area contributed by atoms with Gasteiger partial charge in [-0.05, 0) is 55.5 Å². The number of benzene rings is 2. The molecule has 1 heterocycles. The van der Waals surface area contributed by atoms with Crippen LogP contribution in [0.25, 0.3) is 0 Å². The Hall–Kier alpha value is -2.52. The van der Waals surface area contributed by atoms with Crippen LogP contribution in [0.5, 0.6) is 0 Å². The number of nitrogens with one attached hydrogen (secondary N) is 1. The van der Waals surface area contributed by atoms with Gasteiger partial charge in [0.05, 0.1) is 19.3 Å². The van der Waals surface area contributed by atoms with E-state index in [0.29, 0.717) is 17.0 Å². The molecule has 2 aromatic carbocycles. The molecule has 0 aliphatic heterocycles. The first-order chi connectivity index (χ1) is 17.2. The van der Waals surface area contributed by atoms with Crippen molar-refractivity contribution in [2.75, 3.05) is 18.5 Å². The van der Waals surface area contributed by atoms with E-state index in [0.717, 1.165) is 12.0 Å². The van der Waals surface area contributed by atoms with Gasteiger partial charge in [0.15, 0.2) is 0 Å². The smallest absolute Gasteiger partial charge is 0.329 e. The van der Waals surface area contributed by atoms with Gasteiger partial charge in [-0.15, -0.1) is 0 Å². The third kappa shape index (κ3) is 7.03. The van der Waals surface area contributed by atoms with Crippen LogP contribution in [0.3, 0.4) is 0 Å². The minimum Gasteiger partial charge on any atom is -0.480 e. The monoisotopic (exact) mass is 570 g/mol. The van der Waals surface area contributed by atoms with Gasteiger partial charge in [0.25, 0.3) is 8.32 Å². The molecule has 36 heavy (non-hydrogen) atoms. The summed E-state index contributed by atoms with van der Waals surface area (Å²) in [5, 5.41) is 14.6. The maximum atomic E-state index is 10.8. The second kappa shape index (κ2) is 12.6. The molecule has 0 bridgehead atoms. The van der Waals surface area contributed by atoms with E-state index in [1.807, 2.05) is 31.2 Å². The molecule has 0 radical (unpaired) electrons. The lowest BCUT2D eigenvalue weighted by Gasteiger charge is -2.43. The second-order valence-corrected chi connectivity index (χ2v) is 14.9. The Bertz CT molecular complexity index is 1080. The molecule has 0 saturated carbocycles. The van der Waals surface area contributed by atoms with Crippen molar-refractivity contribution in [3.63, 3.8) is 0 Å². The van der Waals surface area contributed by atoms with Crippen molar-refractivity contribution in [3.05, 3.63) is 83.0 Å². The Kier molecular flexibility index (Phi) is 9.84. The lowest BCUT2D eigenvalue weighted by atomic mass is 10.2. The standard InChI is InChI=1S/C28H35BrN2O4Si/c1-5-22(19-34-20-27(32)33)30-26-17-21(16-25(29)31-26)18-35-36(28(2,3)4,23-12-8-6-9-13-23)24-14-10-7-11-15-24/h6-17,22H,5,18-20H2,1-4H3,(H,30,31)(H,32,33)/t22-/m0/s1. The van der Waals surface area contributed by atoms with Crippen molar-refractivity contribution in [1.29, 1.82) is 0 Å². The number of carboxylic acid groups (broad SMARTS) is 1. The molecule has 0 amide bonds. The van der Waals surface area contributed by atoms with Gasteiger partial charge in [0.1, 0.15) is 17.0 Å². The Morgan fingerprint density at radius 3 is 2.14 bits per heavy atom. The minimum atomic E-state index is -2.67. The van der Waals surface area contributed by atoms with Crippen LogP contribution in [0.2, 0.25) is 5.04 Å². The molecule has 0 saturated heterocycles. The number of anilines is 1. The predicted octanol–water partition coefficient (Wildman–Crippen LogP) is 5.21. The summed E-state index contributed by atoms with van der Waals surface area (Å²) in [5.41, 5.74) is 0.994. The van der Waals surface area contributed by atoms with Crippen LogP contribution in [0.4, 0.5) is 5.82 Å². The van der Waals surface area contributed by atoms with Gasteiger partial charge >= 0.3 is 5.97 Å². The van der Waals surface area contributed by atoms with E-state index in [9.17, 15) is 4.79 Å². The Labute approximate surface area is 223 Å². The summed E-state index contributed by atoms with van der Waals surface area (Å²) >= 11 is 3.54. The molecule has 8 heteroatoms. The molecular formula is C28H35BrN2O4Si. The van der Waals surface area contributed by atoms with Gasteiger partial charge in [-0.1, -0.05) is 88.4 Å². The van der Waals surface area contributed by atoms with E-state index in [-0.39, 0.29) is 24.3 Å². The van der Waals surface area contributed by atoms with Crippen molar-refractivity contribution < 1.29 is 19.1 Å². The van der Waals surface area contributed by atoms with Gasteiger partial charge in [-0.3, -0.25) is 0 Å². The highest BCUT2D eigenvalue weighted by Crippen LogP contribution is 2.37. The largest absolute Gasteiger partial charge is 0.480 e. The van der Waals surface area contributed by atoms with Gasteiger partial charge in [-0.2, -0.15) is 0 Å². The highest BCUT2D eigenvalue weighted by Gasteiger charge is 2.50. The van der Waals surface area contributed by atoms with Crippen molar-refractivity contribution >= 4 is 46.4 Å². The van der Waals surface area contributed by atoms with E-state index >= 15 is 0 Å². The zero-order valence-corrected chi connectivity index (χ0v) is 23.9. The number of nitrogens with zero attached hydrogens (tertiary/aromatic N) is 1. The zero-order chi connectivity index (χ0) is 26.2. The van der Waals surface area contributed by atoms with Crippen LogP contribution in [0.1, 0.15) is 39.7 Å². The molecule has 2 N–H and O–H groups in total. The number of rotatable bonds is 12. The van der Waals surface area contributed by atoms with Gasteiger partial charge in [0.2, 0.25) is 0 Å². The summed E-state index contributed by atoms with van der Waals surface area (Å²) < 4.78 is 13.0. The van der Waals surface area contributed by atoms with E-state index in [1.165, 1.54) is 10.4 Å². The van der Waals surface area contributed by atoms with E-state index in [1.54, 1.807) is 0 Å². The molecule has 1 atom stereocenters. The first-order valence-electron chi connectivity index (χ1n) is 12.1. The summed E-state index contributed by atoms with van der Waals surface area (Å²) in [7, 11) is -2.67. The molecular weight excluding hydrogens is 536 g/mol. The van der Waals surface area contributed by atoms with Crippen LogP contribution in [-0.4, -0.2) is 43.6 Å². The van der Waals surface area contributed by atoms with Crippen LogP contribution < -0.4 is 15.7 Å². The maximum Gasteiger partial charge on any atom is 0.329 e. The molecule has 1 aromatic heterocycles. The highest BCUT2D eigenvalue weighted by atomic mass is 79.9. The molecule has 3 rings (SSSR count). The van der Waals surface area contributed by atoms with Gasteiger partial charge in [0, 0.05) is 0 Å². The SMILES string of the molecule is CC[C@@H](COCC(=O)O)Nc1cc(CO[Si](c2ccccc2)(c2ccccc2)C(C)(C)C)cc(Br)n1. The van der Waals surface area contributed by atoms with E-state index in [2.05, 4.69) is 95.5 Å². The van der Waals surface area contributed by atoms with Crippen LogP contribution in [-0.2, 0) is 20.6 Å². The van der Waals surface area contributed by atoms with Crippen LogP contribution >= 0.6 is 15.9 Å². The highest BCUT2D eigenvalue weighted by molar-refractivity contribution is 9.10. The van der Waals surface area contributed by atoms with Crippen LogP contribution in [0, 0.1) is 0 Å². The Morgan fingerprint density at radius 1 is 1.06 bits per heavy atom. The normalized spacial score (nSPS) is 12.8. The van der Waals surface area contributed by atoms with E-state index < -0.39 is 14.3 Å². The lowest BCUT2D eigenvalue weighted by Crippen LogP contribution is -2.66. The van der Waals surface area contributed by atoms with Gasteiger partial charge < -0.3 is 19.6 Å². The van der Waals surface area contributed by atoms with E-state index in [4.69, 9.17) is 14.3 Å². The van der Waals surface area contributed by atoms with Crippen LogP contribution in [0.15, 0.2) is 77.4 Å². The Morgan fingerprint density at radius 2 is 1.64 bits per heavy atom. The topological polar surface area (TPSA) is 80.7 Å². The number of aromatic nitrogens is 1. The summed E-state index contributed by atoms with van der Waals surface area (Å²) in [6.45, 7) is 9.20. The molecule has 192 valence electrons. The number of hydrogen-bond acceptors (Lipinski definition) is 5. The fourth-order valence-electron chi connectivity index (χ4n) is 4.42. The van der Waals surface area contributed by atoms with Crippen molar-refractivity contribution in [3.8, 4) is 0 Å². The molecule has 0 fully saturated rings.